The highest BCUT2D eigenvalue weighted by Gasteiger charge is 2.46. The second kappa shape index (κ2) is 9.17. The zero-order chi connectivity index (χ0) is 22.8. The highest BCUT2D eigenvalue weighted by molar-refractivity contribution is 7.90. The number of ether oxygens (including phenoxy) is 1. The minimum atomic E-state index is -4.32. The van der Waals surface area contributed by atoms with E-state index in [0.29, 0.717) is 24.5 Å². The van der Waals surface area contributed by atoms with E-state index in [2.05, 4.69) is 21.8 Å². The van der Waals surface area contributed by atoms with Crippen LogP contribution in [0, 0.1) is 12.9 Å². The zero-order valence-electron chi connectivity index (χ0n) is 18.3. The quantitative estimate of drug-likeness (QED) is 0.628. The number of aromatic nitrogens is 1. The molecule has 172 valence electrons. The molecule has 2 saturated carbocycles. The summed E-state index contributed by atoms with van der Waals surface area (Å²) in [6, 6.07) is 9.52. The number of carbonyl (C=O) groups is 1. The van der Waals surface area contributed by atoms with Crippen molar-refractivity contribution in [3.05, 3.63) is 53.5 Å². The van der Waals surface area contributed by atoms with Gasteiger partial charge in [-0.15, -0.1) is 0 Å². The number of nitrogens with zero attached hydrogens (tertiary/aromatic N) is 1. The number of halogens is 1. The van der Waals surface area contributed by atoms with Crippen LogP contribution in [0.2, 0.25) is 0 Å². The van der Waals surface area contributed by atoms with Gasteiger partial charge in [0.15, 0.2) is 10.6 Å². The van der Waals surface area contributed by atoms with E-state index in [1.54, 1.807) is 0 Å². The number of amides is 1. The van der Waals surface area contributed by atoms with E-state index in [9.17, 15) is 17.6 Å². The van der Waals surface area contributed by atoms with Crippen molar-refractivity contribution in [2.75, 3.05) is 0 Å². The molecular weight excluding hydrogens is 431 g/mol. The monoisotopic (exact) mass is 460 g/mol. The third kappa shape index (κ3) is 4.80. The summed E-state index contributed by atoms with van der Waals surface area (Å²) in [7, 11) is -4.32. The van der Waals surface area contributed by atoms with Crippen LogP contribution >= 0.6 is 0 Å². The molecule has 0 saturated heterocycles. The number of rotatable bonds is 6. The van der Waals surface area contributed by atoms with Gasteiger partial charge in [-0.25, -0.2) is 9.71 Å². The molecule has 2 aliphatic rings. The Labute approximate surface area is 188 Å². The fraction of sp³-hybridized carbons (Fsp3) is 0.500. The van der Waals surface area contributed by atoms with Gasteiger partial charge in [0.25, 0.3) is 15.9 Å². The third-order valence-corrected chi connectivity index (χ3v) is 7.77. The largest absolute Gasteiger partial charge is 0.477 e. The Kier molecular flexibility index (Phi) is 6.51. The summed E-state index contributed by atoms with van der Waals surface area (Å²) in [6.07, 6.45) is 8.09. The lowest BCUT2D eigenvalue weighted by Gasteiger charge is -2.32. The number of aryl methyl sites for hydroxylation is 1. The predicted octanol–water partition coefficient (Wildman–Crippen LogP) is 4.77. The van der Waals surface area contributed by atoms with Crippen molar-refractivity contribution in [2.24, 2.45) is 0 Å². The molecule has 2 aliphatic carbocycles. The Morgan fingerprint density at radius 3 is 2.50 bits per heavy atom. The van der Waals surface area contributed by atoms with E-state index in [1.807, 2.05) is 13.0 Å². The smallest absolute Gasteiger partial charge is 0.281 e. The molecule has 2 fully saturated rings. The predicted molar refractivity (Wildman–Crippen MR) is 118 cm³/mol. The number of benzene rings is 1. The lowest BCUT2D eigenvalue weighted by molar-refractivity contribution is -0.134. The van der Waals surface area contributed by atoms with Gasteiger partial charge in [-0.1, -0.05) is 37.5 Å². The number of carbonyl (C=O) groups excluding carboxylic acids is 1. The molecule has 1 amide bonds. The lowest BCUT2D eigenvalue weighted by atomic mass is 9.83. The van der Waals surface area contributed by atoms with Gasteiger partial charge in [0, 0.05) is 0 Å². The zero-order valence-corrected chi connectivity index (χ0v) is 19.1. The summed E-state index contributed by atoms with van der Waals surface area (Å²) in [4.78, 5) is 16.7. The maximum absolute atomic E-state index is 13.4. The van der Waals surface area contributed by atoms with Crippen LogP contribution in [0.3, 0.4) is 0 Å². The first kappa shape index (κ1) is 22.7. The highest BCUT2D eigenvalue weighted by atomic mass is 32.2. The van der Waals surface area contributed by atoms with Crippen LogP contribution in [0.4, 0.5) is 4.39 Å². The van der Waals surface area contributed by atoms with Gasteiger partial charge in [-0.05, 0) is 80.7 Å². The third-order valence-electron chi connectivity index (χ3n) is 6.54. The molecule has 6 nitrogen and oxygen atoms in total. The maximum atomic E-state index is 13.4. The number of pyridine rings is 1. The molecule has 32 heavy (non-hydrogen) atoms. The molecule has 1 N–H and O–H groups in total. The van der Waals surface area contributed by atoms with E-state index in [4.69, 9.17) is 4.74 Å². The van der Waals surface area contributed by atoms with Gasteiger partial charge < -0.3 is 4.74 Å². The first-order valence-corrected chi connectivity index (χ1v) is 12.8. The summed E-state index contributed by atoms with van der Waals surface area (Å²) in [6.45, 7) is 1.97. The molecular formula is C24H29FN2O4S. The van der Waals surface area contributed by atoms with Crippen LogP contribution in [0.5, 0.6) is 5.75 Å². The normalized spacial score (nSPS) is 18.9. The molecule has 2 aromatic rings. The van der Waals surface area contributed by atoms with E-state index >= 15 is 0 Å². The van der Waals surface area contributed by atoms with Crippen molar-refractivity contribution >= 4 is 15.9 Å². The number of hydrogen-bond acceptors (Lipinski definition) is 5. The Bertz CT molecular complexity index is 1090. The topological polar surface area (TPSA) is 85.4 Å². The Morgan fingerprint density at radius 2 is 1.81 bits per heavy atom. The van der Waals surface area contributed by atoms with Crippen molar-refractivity contribution in [1.29, 1.82) is 0 Å². The van der Waals surface area contributed by atoms with Crippen molar-refractivity contribution in [1.82, 2.24) is 9.71 Å². The van der Waals surface area contributed by atoms with E-state index in [1.165, 1.54) is 25.3 Å². The average Bonchev–Trinajstić information content (AvgIpc) is 3.24. The van der Waals surface area contributed by atoms with E-state index in [-0.39, 0.29) is 0 Å². The van der Waals surface area contributed by atoms with E-state index < -0.39 is 32.5 Å². The molecule has 4 rings (SSSR count). The van der Waals surface area contributed by atoms with Crippen molar-refractivity contribution in [3.63, 3.8) is 0 Å². The summed E-state index contributed by atoms with van der Waals surface area (Å²) < 4.78 is 47.4. The van der Waals surface area contributed by atoms with Crippen LogP contribution in [-0.4, -0.2) is 24.9 Å². The molecule has 0 bridgehead atoms. The second-order valence-corrected chi connectivity index (χ2v) is 10.5. The lowest BCUT2D eigenvalue weighted by Crippen LogP contribution is -2.51. The fourth-order valence-electron chi connectivity index (χ4n) is 4.82. The summed E-state index contributed by atoms with van der Waals surface area (Å²) in [5.41, 5.74) is 0.825. The van der Waals surface area contributed by atoms with Crippen LogP contribution < -0.4 is 9.46 Å². The molecule has 0 unspecified atom stereocenters. The van der Waals surface area contributed by atoms with E-state index in [0.717, 1.165) is 48.9 Å². The SMILES string of the molecule is Cc1ccc(C2CCCCC2)c(OC2(C(=O)NS(=O)(=O)c3cccc(F)n3)CCCC2)c1. The van der Waals surface area contributed by atoms with Crippen LogP contribution in [0.15, 0.2) is 41.4 Å². The van der Waals surface area contributed by atoms with Gasteiger partial charge in [0.1, 0.15) is 5.75 Å². The van der Waals surface area contributed by atoms with Crippen LogP contribution in [-0.2, 0) is 14.8 Å². The molecule has 0 aliphatic heterocycles. The second-order valence-electron chi connectivity index (χ2n) is 8.91. The Balaban J connectivity index is 1.62. The molecule has 1 heterocycles. The minimum Gasteiger partial charge on any atom is -0.477 e. The summed E-state index contributed by atoms with van der Waals surface area (Å²) in [5.74, 6) is -0.613. The molecule has 1 aromatic heterocycles. The van der Waals surface area contributed by atoms with Crippen molar-refractivity contribution < 1.29 is 22.3 Å². The van der Waals surface area contributed by atoms with Crippen molar-refractivity contribution in [2.45, 2.75) is 81.3 Å². The number of sulfonamides is 1. The minimum absolute atomic E-state index is 0.376. The fourth-order valence-corrected chi connectivity index (χ4v) is 5.82. The molecule has 0 atom stereocenters. The maximum Gasteiger partial charge on any atom is 0.281 e. The standard InChI is InChI=1S/C24H29FN2O4S/c1-17-12-13-19(18-8-3-2-4-9-18)20(16-17)31-24(14-5-6-15-24)23(28)27-32(29,30)22-11-7-10-21(25)26-22/h7,10-13,16,18H,2-6,8-9,14-15H2,1H3,(H,27,28). The summed E-state index contributed by atoms with van der Waals surface area (Å²) in [5, 5.41) is -0.530. The number of hydrogen-bond donors (Lipinski definition) is 1. The van der Waals surface area contributed by atoms with Gasteiger partial charge in [-0.3, -0.25) is 4.79 Å². The molecule has 0 spiro atoms. The summed E-state index contributed by atoms with van der Waals surface area (Å²) >= 11 is 0. The van der Waals surface area contributed by atoms with Crippen LogP contribution in [0.25, 0.3) is 0 Å². The average molecular weight is 461 g/mol. The Morgan fingerprint density at radius 1 is 1.09 bits per heavy atom. The first-order valence-electron chi connectivity index (χ1n) is 11.3. The van der Waals surface area contributed by atoms with Crippen LogP contribution in [0.1, 0.15) is 74.8 Å². The molecule has 8 heteroatoms. The first-order chi connectivity index (χ1) is 15.3. The Hall–Kier alpha value is -2.48. The van der Waals surface area contributed by atoms with Gasteiger partial charge >= 0.3 is 0 Å². The van der Waals surface area contributed by atoms with Gasteiger partial charge in [-0.2, -0.15) is 12.8 Å². The van der Waals surface area contributed by atoms with Crippen molar-refractivity contribution in [3.8, 4) is 5.75 Å². The highest BCUT2D eigenvalue weighted by Crippen LogP contribution is 2.42. The number of nitrogens with one attached hydrogen (secondary N) is 1. The van der Waals surface area contributed by atoms with Gasteiger partial charge in [0.2, 0.25) is 5.95 Å². The molecule has 0 radical (unpaired) electrons. The van der Waals surface area contributed by atoms with Gasteiger partial charge in [0.05, 0.1) is 0 Å². The molecule has 1 aromatic carbocycles.